The van der Waals surface area contributed by atoms with Gasteiger partial charge in [0.1, 0.15) is 5.75 Å². The second-order valence-electron chi connectivity index (χ2n) is 3.56. The van der Waals surface area contributed by atoms with E-state index in [0.29, 0.717) is 12.2 Å². The molecule has 1 nitrogen and oxygen atoms in total. The highest BCUT2D eigenvalue weighted by molar-refractivity contribution is 5.35. The Balaban J connectivity index is 2.22. The second-order valence-corrected chi connectivity index (χ2v) is 3.56. The lowest BCUT2D eigenvalue weighted by molar-refractivity contribution is 0.442. The fourth-order valence-electron chi connectivity index (χ4n) is 1.49. The molecule has 0 amide bonds. The van der Waals surface area contributed by atoms with Crippen LogP contribution in [0.15, 0.2) is 48.5 Å². The molecule has 0 fully saturated rings. The summed E-state index contributed by atoms with van der Waals surface area (Å²) >= 11 is 0. The van der Waals surface area contributed by atoms with Gasteiger partial charge in [-0.3, -0.25) is 0 Å². The maximum Gasteiger partial charge on any atom is 0.165 e. The van der Waals surface area contributed by atoms with Crippen molar-refractivity contribution in [2.24, 2.45) is 0 Å². The Morgan fingerprint density at radius 1 is 1.12 bits per heavy atom. The third-order valence-electron chi connectivity index (χ3n) is 2.27. The number of rotatable bonds is 3. The molecule has 0 heterocycles. The zero-order chi connectivity index (χ0) is 12.1. The van der Waals surface area contributed by atoms with Crippen LogP contribution in [-0.4, -0.2) is 0 Å². The Kier molecular flexibility index (Phi) is 3.42. The number of hydrogen-bond donors (Lipinski definition) is 0. The summed E-state index contributed by atoms with van der Waals surface area (Å²) in [4.78, 5) is 0. The Hall–Kier alpha value is -2.27. The molecule has 0 aliphatic carbocycles. The molecular weight excluding hydrogens is 215 g/mol. The number of para-hydroxylation sites is 1. The highest BCUT2D eigenvalue weighted by Crippen LogP contribution is 2.24. The third-order valence-corrected chi connectivity index (χ3v) is 2.27. The van der Waals surface area contributed by atoms with Gasteiger partial charge in [-0.05, 0) is 29.8 Å². The van der Waals surface area contributed by atoms with Crippen molar-refractivity contribution in [3.63, 3.8) is 0 Å². The number of hydrogen-bond acceptors (Lipinski definition) is 1. The summed E-state index contributed by atoms with van der Waals surface area (Å²) in [6.07, 6.45) is 5.77. The van der Waals surface area contributed by atoms with Crippen molar-refractivity contribution in [2.75, 3.05) is 0 Å². The maximum atomic E-state index is 13.4. The van der Waals surface area contributed by atoms with Crippen LogP contribution in [0.3, 0.4) is 0 Å². The summed E-state index contributed by atoms with van der Waals surface area (Å²) in [7, 11) is 0. The number of ether oxygens (including phenoxy) is 1. The minimum atomic E-state index is -0.380. The van der Waals surface area contributed by atoms with Gasteiger partial charge in [-0.1, -0.05) is 24.3 Å². The van der Waals surface area contributed by atoms with Crippen molar-refractivity contribution < 1.29 is 9.13 Å². The highest BCUT2D eigenvalue weighted by Gasteiger charge is 2.03. The van der Waals surface area contributed by atoms with Gasteiger partial charge >= 0.3 is 0 Å². The van der Waals surface area contributed by atoms with Crippen LogP contribution in [0, 0.1) is 18.2 Å². The molecule has 0 spiro atoms. The molecule has 2 aromatic rings. The van der Waals surface area contributed by atoms with E-state index in [9.17, 15) is 4.39 Å². The summed E-state index contributed by atoms with van der Waals surface area (Å²) in [5.41, 5.74) is 0.973. The lowest BCUT2D eigenvalue weighted by atomic mass is 10.1. The molecule has 0 aliphatic heterocycles. The molecule has 0 aliphatic rings. The van der Waals surface area contributed by atoms with Gasteiger partial charge in [0.25, 0.3) is 0 Å². The molecule has 0 radical (unpaired) electrons. The van der Waals surface area contributed by atoms with E-state index in [-0.39, 0.29) is 11.6 Å². The zero-order valence-electron chi connectivity index (χ0n) is 9.19. The molecule has 84 valence electrons. The first-order chi connectivity index (χ1) is 8.29. The number of halogens is 1. The topological polar surface area (TPSA) is 9.23 Å². The average Bonchev–Trinajstić information content (AvgIpc) is 2.33. The Morgan fingerprint density at radius 2 is 1.94 bits per heavy atom. The van der Waals surface area contributed by atoms with Crippen LogP contribution in [0.5, 0.6) is 11.5 Å². The van der Waals surface area contributed by atoms with E-state index >= 15 is 0 Å². The molecule has 2 rings (SSSR count). The third kappa shape index (κ3) is 2.85. The van der Waals surface area contributed by atoms with Gasteiger partial charge in [-0.25, -0.2) is 4.39 Å². The van der Waals surface area contributed by atoms with Gasteiger partial charge in [0.2, 0.25) is 0 Å². The quantitative estimate of drug-likeness (QED) is 0.723. The van der Waals surface area contributed by atoms with Crippen LogP contribution < -0.4 is 4.74 Å². The molecular formula is C15H11FO. The molecule has 0 N–H and O–H groups in total. The van der Waals surface area contributed by atoms with Crippen molar-refractivity contribution in [2.45, 2.75) is 6.42 Å². The standard InChI is InChI=1S/C15H11FO/c1-2-6-12-7-5-8-13(11-12)17-15-10-4-3-9-14(15)16/h1,3-5,7-11H,6H2. The summed E-state index contributed by atoms with van der Waals surface area (Å²) < 4.78 is 18.8. The zero-order valence-corrected chi connectivity index (χ0v) is 9.19. The van der Waals surface area contributed by atoms with E-state index in [2.05, 4.69) is 5.92 Å². The second kappa shape index (κ2) is 5.18. The highest BCUT2D eigenvalue weighted by atomic mass is 19.1. The normalized spacial score (nSPS) is 9.65. The van der Waals surface area contributed by atoms with Crippen molar-refractivity contribution >= 4 is 0 Å². The van der Waals surface area contributed by atoms with Crippen LogP contribution in [0.25, 0.3) is 0 Å². The van der Waals surface area contributed by atoms with Crippen LogP contribution in [0.1, 0.15) is 5.56 Å². The molecule has 0 saturated heterocycles. The summed E-state index contributed by atoms with van der Waals surface area (Å²) in [6.45, 7) is 0. The van der Waals surface area contributed by atoms with Crippen LogP contribution in [0.2, 0.25) is 0 Å². The summed E-state index contributed by atoms with van der Waals surface area (Å²) in [6, 6.07) is 13.6. The first kappa shape index (κ1) is 11.2. The van der Waals surface area contributed by atoms with Crippen LogP contribution in [-0.2, 0) is 6.42 Å². The Labute approximate surface area is 99.9 Å². The first-order valence-corrected chi connectivity index (χ1v) is 5.24. The van der Waals surface area contributed by atoms with Crippen molar-refractivity contribution in [3.05, 3.63) is 59.9 Å². The average molecular weight is 226 g/mol. The molecule has 2 heteroatoms. The van der Waals surface area contributed by atoms with E-state index in [1.807, 2.05) is 18.2 Å². The lowest BCUT2D eigenvalue weighted by Gasteiger charge is -2.07. The van der Waals surface area contributed by atoms with Crippen molar-refractivity contribution in [1.29, 1.82) is 0 Å². The van der Waals surface area contributed by atoms with E-state index in [1.54, 1.807) is 24.3 Å². The smallest absolute Gasteiger partial charge is 0.165 e. The van der Waals surface area contributed by atoms with Crippen molar-refractivity contribution in [1.82, 2.24) is 0 Å². The summed E-state index contributed by atoms with van der Waals surface area (Å²) in [5, 5.41) is 0. The Bertz CT molecular complexity index is 555. The van der Waals surface area contributed by atoms with E-state index < -0.39 is 0 Å². The minimum Gasteiger partial charge on any atom is -0.454 e. The van der Waals surface area contributed by atoms with E-state index in [1.165, 1.54) is 6.07 Å². The Morgan fingerprint density at radius 3 is 2.71 bits per heavy atom. The van der Waals surface area contributed by atoms with Gasteiger partial charge in [-0.15, -0.1) is 12.3 Å². The molecule has 0 unspecified atom stereocenters. The number of benzene rings is 2. The lowest BCUT2D eigenvalue weighted by Crippen LogP contribution is -1.89. The number of terminal acetylenes is 1. The van der Waals surface area contributed by atoms with Gasteiger partial charge in [0.15, 0.2) is 11.6 Å². The van der Waals surface area contributed by atoms with Gasteiger partial charge in [-0.2, -0.15) is 0 Å². The van der Waals surface area contributed by atoms with Crippen LogP contribution in [0.4, 0.5) is 4.39 Å². The molecule has 0 atom stereocenters. The summed E-state index contributed by atoms with van der Waals surface area (Å²) in [5.74, 6) is 2.98. The fraction of sp³-hybridized carbons (Fsp3) is 0.0667. The fourth-order valence-corrected chi connectivity index (χ4v) is 1.49. The monoisotopic (exact) mass is 226 g/mol. The molecule has 17 heavy (non-hydrogen) atoms. The minimum absolute atomic E-state index is 0.213. The molecule has 2 aromatic carbocycles. The predicted molar refractivity (Wildman–Crippen MR) is 65.5 cm³/mol. The predicted octanol–water partition coefficient (Wildman–Crippen LogP) is 3.79. The molecule has 0 saturated carbocycles. The van der Waals surface area contributed by atoms with Gasteiger partial charge in [0, 0.05) is 6.42 Å². The van der Waals surface area contributed by atoms with Crippen molar-refractivity contribution in [3.8, 4) is 23.8 Å². The largest absolute Gasteiger partial charge is 0.454 e. The van der Waals surface area contributed by atoms with E-state index in [4.69, 9.17) is 11.2 Å². The molecule has 0 bridgehead atoms. The van der Waals surface area contributed by atoms with Crippen LogP contribution >= 0.6 is 0 Å². The van der Waals surface area contributed by atoms with Gasteiger partial charge < -0.3 is 4.74 Å². The SMILES string of the molecule is C#CCc1cccc(Oc2ccccc2F)c1. The van der Waals surface area contributed by atoms with E-state index in [0.717, 1.165) is 5.56 Å². The maximum absolute atomic E-state index is 13.4. The van der Waals surface area contributed by atoms with Gasteiger partial charge in [0.05, 0.1) is 0 Å². The first-order valence-electron chi connectivity index (χ1n) is 5.24. The molecule has 0 aromatic heterocycles.